The number of aromatic nitrogens is 1. The summed E-state index contributed by atoms with van der Waals surface area (Å²) in [6.07, 6.45) is 14.8. The van der Waals surface area contributed by atoms with E-state index < -0.39 is 0 Å². The number of thioether (sulfide) groups is 1. The third-order valence-electron chi connectivity index (χ3n) is 4.10. The number of hydrogen-bond donors (Lipinski definition) is 1. The first kappa shape index (κ1) is 15.9. The van der Waals surface area contributed by atoms with E-state index in [1.807, 2.05) is 6.92 Å². The lowest BCUT2D eigenvalue weighted by molar-refractivity contribution is 0.443. The summed E-state index contributed by atoms with van der Waals surface area (Å²) in [6, 6.07) is 0.270. The Kier molecular flexibility index (Phi) is 6.94. The molecule has 4 heteroatoms. The van der Waals surface area contributed by atoms with Crippen molar-refractivity contribution in [1.82, 2.24) is 4.98 Å². The van der Waals surface area contributed by atoms with Gasteiger partial charge in [-0.3, -0.25) is 0 Å². The van der Waals surface area contributed by atoms with E-state index in [2.05, 4.69) is 4.98 Å². The van der Waals surface area contributed by atoms with Crippen molar-refractivity contribution in [2.45, 2.75) is 87.6 Å². The van der Waals surface area contributed by atoms with Crippen LogP contribution in [0.4, 0.5) is 0 Å². The summed E-state index contributed by atoms with van der Waals surface area (Å²) in [5, 5.41) is 1.24. The first-order valence-electron chi connectivity index (χ1n) is 8.10. The normalized spacial score (nSPS) is 26.7. The van der Waals surface area contributed by atoms with Crippen molar-refractivity contribution in [3.05, 3.63) is 12.0 Å². The van der Waals surface area contributed by atoms with Gasteiger partial charge in [-0.1, -0.05) is 63.1 Å². The first-order valence-corrected chi connectivity index (χ1v) is 8.98. The predicted molar refractivity (Wildman–Crippen MR) is 85.0 cm³/mol. The summed E-state index contributed by atoms with van der Waals surface area (Å²) < 4.78 is 5.48. The molecule has 1 aliphatic carbocycles. The molecule has 2 atom stereocenters. The van der Waals surface area contributed by atoms with Crippen molar-refractivity contribution >= 4 is 11.8 Å². The van der Waals surface area contributed by atoms with Crippen molar-refractivity contribution in [3.63, 3.8) is 0 Å². The number of hydrogen-bond acceptors (Lipinski definition) is 4. The van der Waals surface area contributed by atoms with E-state index >= 15 is 0 Å². The summed E-state index contributed by atoms with van der Waals surface area (Å²) >= 11 is 1.74. The van der Waals surface area contributed by atoms with Gasteiger partial charge in [0.05, 0.1) is 5.69 Å². The van der Waals surface area contributed by atoms with Gasteiger partial charge in [0.1, 0.15) is 6.26 Å². The Morgan fingerprint density at radius 3 is 2.25 bits per heavy atom. The van der Waals surface area contributed by atoms with Gasteiger partial charge in [-0.25, -0.2) is 4.98 Å². The summed E-state index contributed by atoms with van der Waals surface area (Å²) in [4.78, 5) is 4.41. The van der Waals surface area contributed by atoms with Crippen LogP contribution in [0.3, 0.4) is 0 Å². The minimum atomic E-state index is 0.270. The topological polar surface area (TPSA) is 52.0 Å². The maximum absolute atomic E-state index is 6.42. The molecule has 1 aromatic heterocycles. The number of oxazole rings is 1. The number of nitrogens with zero attached hydrogens (tertiary/aromatic N) is 1. The van der Waals surface area contributed by atoms with E-state index in [1.54, 1.807) is 18.0 Å². The second-order valence-corrected chi connectivity index (χ2v) is 7.17. The fourth-order valence-corrected chi connectivity index (χ4v) is 4.00. The van der Waals surface area contributed by atoms with E-state index in [0.29, 0.717) is 5.25 Å². The molecule has 3 nitrogen and oxygen atoms in total. The van der Waals surface area contributed by atoms with E-state index in [9.17, 15) is 0 Å². The minimum Gasteiger partial charge on any atom is -0.440 e. The Morgan fingerprint density at radius 1 is 1.05 bits per heavy atom. The number of nitrogens with two attached hydrogens (primary N) is 1. The molecule has 1 saturated carbocycles. The highest BCUT2D eigenvalue weighted by molar-refractivity contribution is 7.99. The average Bonchev–Trinajstić information content (AvgIpc) is 2.83. The molecule has 1 fully saturated rings. The van der Waals surface area contributed by atoms with E-state index in [-0.39, 0.29) is 6.04 Å². The molecule has 2 N–H and O–H groups in total. The molecule has 20 heavy (non-hydrogen) atoms. The van der Waals surface area contributed by atoms with Crippen molar-refractivity contribution in [2.24, 2.45) is 5.73 Å². The van der Waals surface area contributed by atoms with Crippen LogP contribution in [0.25, 0.3) is 0 Å². The molecule has 2 rings (SSSR count). The molecule has 1 heterocycles. The molecule has 1 aliphatic rings. The van der Waals surface area contributed by atoms with E-state index in [4.69, 9.17) is 10.2 Å². The molecule has 114 valence electrons. The van der Waals surface area contributed by atoms with Crippen LogP contribution in [0.5, 0.6) is 0 Å². The Bertz CT molecular complexity index is 380. The maximum atomic E-state index is 6.42. The Hall–Kier alpha value is -0.480. The maximum Gasteiger partial charge on any atom is 0.256 e. The summed E-state index contributed by atoms with van der Waals surface area (Å²) in [5.74, 6) is 0. The molecule has 0 spiro atoms. The molecule has 0 aromatic carbocycles. The quantitative estimate of drug-likeness (QED) is 0.860. The Labute approximate surface area is 127 Å². The van der Waals surface area contributed by atoms with Crippen LogP contribution >= 0.6 is 11.8 Å². The lowest BCUT2D eigenvalue weighted by atomic mass is 9.98. The van der Waals surface area contributed by atoms with Crippen LogP contribution in [-0.2, 0) is 0 Å². The van der Waals surface area contributed by atoms with Gasteiger partial charge in [-0.15, -0.1) is 0 Å². The van der Waals surface area contributed by atoms with Crippen LogP contribution in [0.2, 0.25) is 0 Å². The molecule has 0 radical (unpaired) electrons. The third kappa shape index (κ3) is 5.49. The minimum absolute atomic E-state index is 0.270. The molecule has 0 aliphatic heterocycles. The van der Waals surface area contributed by atoms with Crippen LogP contribution in [-0.4, -0.2) is 16.3 Å². The monoisotopic (exact) mass is 296 g/mol. The highest BCUT2D eigenvalue weighted by Crippen LogP contribution is 2.30. The predicted octanol–water partition coefficient (Wildman–Crippen LogP) is 4.69. The van der Waals surface area contributed by atoms with Gasteiger partial charge < -0.3 is 10.2 Å². The number of rotatable bonds is 2. The lowest BCUT2D eigenvalue weighted by Crippen LogP contribution is -2.32. The van der Waals surface area contributed by atoms with Crippen LogP contribution in [0, 0.1) is 6.92 Å². The second-order valence-electron chi connectivity index (χ2n) is 5.98. The van der Waals surface area contributed by atoms with E-state index in [1.165, 1.54) is 57.8 Å². The SMILES string of the molecule is Cc1coc(SC2CCCCCCCCCCC2N)n1. The Morgan fingerprint density at radius 2 is 1.65 bits per heavy atom. The molecular weight excluding hydrogens is 268 g/mol. The van der Waals surface area contributed by atoms with Gasteiger partial charge in [0, 0.05) is 11.3 Å². The van der Waals surface area contributed by atoms with Crippen molar-refractivity contribution < 1.29 is 4.42 Å². The van der Waals surface area contributed by atoms with Gasteiger partial charge >= 0.3 is 0 Å². The van der Waals surface area contributed by atoms with Gasteiger partial charge in [-0.2, -0.15) is 0 Å². The van der Waals surface area contributed by atoms with Crippen molar-refractivity contribution in [3.8, 4) is 0 Å². The third-order valence-corrected chi connectivity index (χ3v) is 5.38. The fourth-order valence-electron chi connectivity index (χ4n) is 2.85. The first-order chi connectivity index (χ1) is 9.75. The second kappa shape index (κ2) is 8.73. The smallest absolute Gasteiger partial charge is 0.256 e. The zero-order chi connectivity index (χ0) is 14.2. The van der Waals surface area contributed by atoms with Crippen LogP contribution in [0.15, 0.2) is 15.9 Å². The summed E-state index contributed by atoms with van der Waals surface area (Å²) in [6.45, 7) is 1.97. The zero-order valence-electron chi connectivity index (χ0n) is 12.6. The molecule has 0 saturated heterocycles. The van der Waals surface area contributed by atoms with Crippen molar-refractivity contribution in [2.75, 3.05) is 0 Å². The Balaban J connectivity index is 1.90. The summed E-state index contributed by atoms with van der Waals surface area (Å²) in [5.41, 5.74) is 7.38. The zero-order valence-corrected chi connectivity index (χ0v) is 13.5. The molecular formula is C16H28N2OS. The lowest BCUT2D eigenvalue weighted by Gasteiger charge is -2.22. The standard InChI is InChI=1S/C16H28N2OS/c1-13-12-19-16(18-13)20-15-11-9-7-5-3-2-4-6-8-10-14(15)17/h12,14-15H,2-11,17H2,1H3. The molecule has 2 unspecified atom stereocenters. The molecule has 1 aromatic rings. The molecule has 0 amide bonds. The van der Waals surface area contributed by atoms with Gasteiger partial charge in [0.2, 0.25) is 0 Å². The largest absolute Gasteiger partial charge is 0.440 e. The average molecular weight is 296 g/mol. The fraction of sp³-hybridized carbons (Fsp3) is 0.812. The highest BCUT2D eigenvalue weighted by atomic mass is 32.2. The van der Waals surface area contributed by atoms with Gasteiger partial charge in [-0.05, 0) is 19.8 Å². The van der Waals surface area contributed by atoms with Crippen molar-refractivity contribution in [1.29, 1.82) is 0 Å². The molecule has 0 bridgehead atoms. The van der Waals surface area contributed by atoms with Gasteiger partial charge in [0.15, 0.2) is 0 Å². The number of aryl methyl sites for hydroxylation is 1. The van der Waals surface area contributed by atoms with E-state index in [0.717, 1.165) is 17.3 Å². The van der Waals surface area contributed by atoms with Gasteiger partial charge in [0.25, 0.3) is 5.22 Å². The van der Waals surface area contributed by atoms with Crippen LogP contribution < -0.4 is 5.73 Å². The highest BCUT2D eigenvalue weighted by Gasteiger charge is 2.21. The summed E-state index contributed by atoms with van der Waals surface area (Å²) in [7, 11) is 0. The van der Waals surface area contributed by atoms with Crippen LogP contribution in [0.1, 0.15) is 69.9 Å².